The molecule has 0 saturated carbocycles. The Hall–Kier alpha value is -2.02. The number of rotatable bonds is 2. The summed E-state index contributed by atoms with van der Waals surface area (Å²) in [5.41, 5.74) is 3.45. The number of carbonyl (C=O) groups is 1. The molecule has 3 rings (SSSR count). The molecule has 0 aliphatic carbocycles. The Balaban J connectivity index is 1.86. The van der Waals surface area contributed by atoms with Gasteiger partial charge in [-0.1, -0.05) is 41.4 Å². The number of nitrogens with zero attached hydrogens (tertiary/aromatic N) is 2. The molecule has 1 amide bonds. The van der Waals surface area contributed by atoms with E-state index in [1.807, 2.05) is 30.0 Å². The fourth-order valence-corrected chi connectivity index (χ4v) is 3.80. The first kappa shape index (κ1) is 16.8. The van der Waals surface area contributed by atoms with E-state index in [1.54, 1.807) is 18.2 Å². The second kappa shape index (κ2) is 6.84. The highest BCUT2D eigenvalue weighted by Gasteiger charge is 2.29. The van der Waals surface area contributed by atoms with Crippen molar-refractivity contribution in [2.24, 2.45) is 0 Å². The number of halogens is 2. The van der Waals surface area contributed by atoms with E-state index in [9.17, 15) is 10.1 Å². The molecule has 1 heterocycles. The zero-order chi connectivity index (χ0) is 17.3. The van der Waals surface area contributed by atoms with Gasteiger partial charge in [-0.2, -0.15) is 5.26 Å². The third-order valence-corrected chi connectivity index (χ3v) is 5.27. The van der Waals surface area contributed by atoms with Crippen LogP contribution in [0.25, 0.3) is 0 Å². The number of nitriles is 1. The molecule has 2 aromatic rings. The van der Waals surface area contributed by atoms with Gasteiger partial charge in [-0.05, 0) is 48.2 Å². The van der Waals surface area contributed by atoms with Crippen LogP contribution in [0.1, 0.15) is 35.2 Å². The Morgan fingerprint density at radius 3 is 2.58 bits per heavy atom. The van der Waals surface area contributed by atoms with Gasteiger partial charge in [0.1, 0.15) is 0 Å². The lowest BCUT2D eigenvalue weighted by Gasteiger charge is -2.36. The summed E-state index contributed by atoms with van der Waals surface area (Å²) in [6.07, 6.45) is 0.863. The molecule has 5 heteroatoms. The monoisotopic (exact) mass is 358 g/mol. The fraction of sp³-hybridized carbons (Fsp3) is 0.263. The van der Waals surface area contributed by atoms with Gasteiger partial charge in [0.25, 0.3) is 0 Å². The predicted octanol–water partition coefficient (Wildman–Crippen LogP) is 4.55. The van der Waals surface area contributed by atoms with Gasteiger partial charge in [-0.15, -0.1) is 0 Å². The van der Waals surface area contributed by atoms with Crippen molar-refractivity contribution < 1.29 is 4.79 Å². The van der Waals surface area contributed by atoms with Crippen LogP contribution in [0.5, 0.6) is 0 Å². The highest BCUT2D eigenvalue weighted by molar-refractivity contribution is 6.36. The largest absolute Gasteiger partial charge is 0.335 e. The van der Waals surface area contributed by atoms with Gasteiger partial charge in [0, 0.05) is 16.6 Å². The molecule has 2 aromatic carbocycles. The summed E-state index contributed by atoms with van der Waals surface area (Å²) in [7, 11) is 0. The Kier molecular flexibility index (Phi) is 4.80. The lowest BCUT2D eigenvalue weighted by molar-refractivity contribution is -0.133. The summed E-state index contributed by atoms with van der Waals surface area (Å²) in [6.45, 7) is 2.58. The van der Waals surface area contributed by atoms with Crippen LogP contribution in [0, 0.1) is 11.3 Å². The second-order valence-electron chi connectivity index (χ2n) is 5.88. The van der Waals surface area contributed by atoms with E-state index in [4.69, 9.17) is 23.2 Å². The maximum atomic E-state index is 12.8. The number of benzene rings is 2. The Labute approximate surface area is 151 Å². The normalized spacial score (nSPS) is 16.4. The average Bonchev–Trinajstić information content (AvgIpc) is 2.58. The van der Waals surface area contributed by atoms with Crippen molar-refractivity contribution in [3.05, 3.63) is 68.7 Å². The van der Waals surface area contributed by atoms with Crippen molar-refractivity contribution in [3.8, 4) is 6.07 Å². The van der Waals surface area contributed by atoms with E-state index >= 15 is 0 Å². The van der Waals surface area contributed by atoms with Crippen molar-refractivity contribution in [1.29, 1.82) is 5.26 Å². The maximum Gasteiger partial charge on any atom is 0.227 e. The number of fused-ring (bicyclic) bond motifs is 1. The van der Waals surface area contributed by atoms with Crippen LogP contribution in [-0.2, 0) is 17.6 Å². The predicted molar refractivity (Wildman–Crippen MR) is 95.2 cm³/mol. The summed E-state index contributed by atoms with van der Waals surface area (Å²) in [5, 5.41) is 10.3. The molecule has 1 atom stereocenters. The van der Waals surface area contributed by atoms with E-state index in [1.165, 1.54) is 0 Å². The fourth-order valence-electron chi connectivity index (χ4n) is 3.27. The molecular formula is C19H16Cl2N2O. The molecule has 0 aromatic heterocycles. The van der Waals surface area contributed by atoms with Crippen LogP contribution in [0.15, 0.2) is 36.4 Å². The Morgan fingerprint density at radius 2 is 1.92 bits per heavy atom. The minimum Gasteiger partial charge on any atom is -0.335 e. The van der Waals surface area contributed by atoms with Gasteiger partial charge in [0.05, 0.1) is 24.1 Å². The summed E-state index contributed by atoms with van der Waals surface area (Å²) < 4.78 is 0. The van der Waals surface area contributed by atoms with Crippen molar-refractivity contribution >= 4 is 29.1 Å². The van der Waals surface area contributed by atoms with E-state index < -0.39 is 0 Å². The molecule has 3 nitrogen and oxygen atoms in total. The quantitative estimate of drug-likeness (QED) is 0.789. The number of hydrogen-bond donors (Lipinski definition) is 0. The van der Waals surface area contributed by atoms with Gasteiger partial charge in [0.2, 0.25) is 5.91 Å². The van der Waals surface area contributed by atoms with Crippen LogP contribution in [-0.4, -0.2) is 17.4 Å². The van der Waals surface area contributed by atoms with Crippen LogP contribution < -0.4 is 0 Å². The molecule has 1 aliphatic rings. The van der Waals surface area contributed by atoms with Crippen molar-refractivity contribution in [1.82, 2.24) is 4.90 Å². The SMILES string of the molecule is C[C@H]1c2cccc(C#N)c2CCN1C(=O)Cc1c(Cl)cccc1Cl. The molecule has 0 unspecified atom stereocenters. The first-order valence-corrected chi connectivity index (χ1v) is 8.52. The highest BCUT2D eigenvalue weighted by Crippen LogP contribution is 2.32. The Bertz CT molecular complexity index is 821. The lowest BCUT2D eigenvalue weighted by atomic mass is 9.90. The minimum atomic E-state index is -0.0733. The molecule has 24 heavy (non-hydrogen) atoms. The topological polar surface area (TPSA) is 44.1 Å². The van der Waals surface area contributed by atoms with Crippen molar-refractivity contribution in [2.45, 2.75) is 25.8 Å². The number of hydrogen-bond acceptors (Lipinski definition) is 2. The molecule has 0 fully saturated rings. The van der Waals surface area contributed by atoms with Gasteiger partial charge in [-0.25, -0.2) is 0 Å². The summed E-state index contributed by atoms with van der Waals surface area (Å²) in [4.78, 5) is 14.6. The standard InChI is InChI=1S/C19H16Cl2N2O/c1-12-14-5-2-4-13(11-22)15(14)8-9-23(12)19(24)10-16-17(20)6-3-7-18(16)21/h2-7,12H,8-10H2,1H3/t12-/m0/s1. The van der Waals surface area contributed by atoms with Crippen LogP contribution in [0.3, 0.4) is 0 Å². The van der Waals surface area contributed by atoms with Crippen molar-refractivity contribution in [3.63, 3.8) is 0 Å². The maximum absolute atomic E-state index is 12.8. The number of carbonyl (C=O) groups excluding carboxylic acids is 1. The van der Waals surface area contributed by atoms with Crippen LogP contribution in [0.4, 0.5) is 0 Å². The molecule has 0 radical (unpaired) electrons. The average molecular weight is 359 g/mol. The van der Waals surface area contributed by atoms with E-state index in [0.717, 1.165) is 11.1 Å². The first-order chi connectivity index (χ1) is 11.5. The molecule has 0 saturated heterocycles. The molecule has 0 bridgehead atoms. The van der Waals surface area contributed by atoms with E-state index in [0.29, 0.717) is 34.1 Å². The third kappa shape index (κ3) is 3.00. The Morgan fingerprint density at radius 1 is 1.25 bits per heavy atom. The van der Waals surface area contributed by atoms with Gasteiger partial charge in [-0.3, -0.25) is 4.79 Å². The van der Waals surface area contributed by atoms with E-state index in [2.05, 4.69) is 6.07 Å². The minimum absolute atomic E-state index is 0.00879. The highest BCUT2D eigenvalue weighted by atomic mass is 35.5. The molecule has 1 aliphatic heterocycles. The van der Waals surface area contributed by atoms with Gasteiger partial charge in [0.15, 0.2) is 0 Å². The molecule has 0 N–H and O–H groups in total. The first-order valence-electron chi connectivity index (χ1n) is 7.77. The smallest absolute Gasteiger partial charge is 0.227 e. The van der Waals surface area contributed by atoms with Crippen molar-refractivity contribution in [2.75, 3.05) is 6.54 Å². The number of amides is 1. The zero-order valence-electron chi connectivity index (χ0n) is 13.2. The van der Waals surface area contributed by atoms with Gasteiger partial charge < -0.3 is 4.90 Å². The van der Waals surface area contributed by atoms with Gasteiger partial charge >= 0.3 is 0 Å². The zero-order valence-corrected chi connectivity index (χ0v) is 14.7. The lowest BCUT2D eigenvalue weighted by Crippen LogP contribution is -2.40. The summed E-state index contributed by atoms with van der Waals surface area (Å²) in [6, 6.07) is 13.1. The third-order valence-electron chi connectivity index (χ3n) is 4.56. The van der Waals surface area contributed by atoms with E-state index in [-0.39, 0.29) is 18.4 Å². The van der Waals surface area contributed by atoms with Crippen LogP contribution >= 0.6 is 23.2 Å². The molecular weight excluding hydrogens is 343 g/mol. The summed E-state index contributed by atoms with van der Waals surface area (Å²) >= 11 is 12.4. The molecule has 0 spiro atoms. The van der Waals surface area contributed by atoms with Crippen LogP contribution in [0.2, 0.25) is 10.0 Å². The molecule has 122 valence electrons. The summed E-state index contributed by atoms with van der Waals surface area (Å²) in [5.74, 6) is -0.00879. The second-order valence-corrected chi connectivity index (χ2v) is 6.69.